The molecule has 3 heterocycles. The smallest absolute Gasteiger partial charge is 0.311 e. The second-order valence-corrected chi connectivity index (χ2v) is 10.3. The van der Waals surface area contributed by atoms with Gasteiger partial charge in [0.25, 0.3) is 21.8 Å². The van der Waals surface area contributed by atoms with Crippen LogP contribution in [0.1, 0.15) is 35.7 Å². The molecule has 2 aliphatic rings. The van der Waals surface area contributed by atoms with Crippen LogP contribution in [0.25, 0.3) is 0 Å². The van der Waals surface area contributed by atoms with Crippen LogP contribution in [0, 0.1) is 5.92 Å². The number of nitrogens with one attached hydrogen (secondary N) is 1. The number of primary amides is 1. The highest BCUT2D eigenvalue weighted by atomic mass is 32.2. The van der Waals surface area contributed by atoms with Gasteiger partial charge in [-0.05, 0) is 43.3 Å². The molecule has 3 N–H and O–H groups in total. The Hall–Kier alpha value is -3.25. The topological polar surface area (TPSA) is 148 Å². The summed E-state index contributed by atoms with van der Waals surface area (Å²) in [7, 11) is -3.76. The van der Waals surface area contributed by atoms with E-state index in [1.54, 1.807) is 28.5 Å². The van der Waals surface area contributed by atoms with Crippen LogP contribution in [0.5, 0.6) is 0 Å². The number of hydrogen-bond donors (Lipinski definition) is 2. The molecule has 174 valence electrons. The summed E-state index contributed by atoms with van der Waals surface area (Å²) >= 11 is 1.14. The monoisotopic (exact) mass is 490 g/mol. The minimum atomic E-state index is -3.76. The van der Waals surface area contributed by atoms with Crippen molar-refractivity contribution in [2.24, 2.45) is 16.0 Å². The number of piperidine rings is 1. The molecule has 10 nitrogen and oxygen atoms in total. The quantitative estimate of drug-likeness (QED) is 0.605. The lowest BCUT2D eigenvalue weighted by molar-refractivity contribution is -0.158. The summed E-state index contributed by atoms with van der Waals surface area (Å²) in [6.45, 7) is 2.22. The first kappa shape index (κ1) is 22.9. The maximum atomic E-state index is 12.8. The maximum absolute atomic E-state index is 12.8. The lowest BCUT2D eigenvalue weighted by atomic mass is 9.97. The first-order valence-corrected chi connectivity index (χ1v) is 12.6. The Kier molecular flexibility index (Phi) is 6.21. The van der Waals surface area contributed by atoms with Crippen LogP contribution in [-0.4, -0.2) is 56.1 Å². The number of carbonyl (C=O) groups excluding carboxylic acids is 3. The first-order chi connectivity index (χ1) is 15.7. The zero-order valence-corrected chi connectivity index (χ0v) is 19.3. The van der Waals surface area contributed by atoms with Crippen molar-refractivity contribution >= 4 is 50.0 Å². The van der Waals surface area contributed by atoms with E-state index >= 15 is 0 Å². The van der Waals surface area contributed by atoms with Gasteiger partial charge in [-0.2, -0.15) is 8.42 Å². The highest BCUT2D eigenvalue weighted by molar-refractivity contribution is 7.90. The number of likely N-dealkylation sites (tertiary alicyclic amines) is 1. The van der Waals surface area contributed by atoms with E-state index in [0.29, 0.717) is 35.8 Å². The second kappa shape index (κ2) is 8.94. The molecule has 0 spiro atoms. The molecule has 1 aromatic carbocycles. The number of anilines is 1. The normalized spacial score (nSPS) is 19.8. The highest BCUT2D eigenvalue weighted by Gasteiger charge is 2.36. The molecule has 2 amide bonds. The molecule has 0 unspecified atom stereocenters. The van der Waals surface area contributed by atoms with E-state index in [-0.39, 0.29) is 17.0 Å². The lowest BCUT2D eigenvalue weighted by Crippen LogP contribution is -2.44. The molecule has 12 heteroatoms. The minimum absolute atomic E-state index is 0.152. The van der Waals surface area contributed by atoms with Gasteiger partial charge in [-0.25, -0.2) is 0 Å². The van der Waals surface area contributed by atoms with Gasteiger partial charge in [-0.3, -0.25) is 14.4 Å². The summed E-state index contributed by atoms with van der Waals surface area (Å²) in [4.78, 5) is 38.6. The fourth-order valence-electron chi connectivity index (χ4n) is 3.82. The van der Waals surface area contributed by atoms with Crippen LogP contribution in [0.3, 0.4) is 0 Å². The van der Waals surface area contributed by atoms with Crippen molar-refractivity contribution in [2.75, 3.05) is 18.4 Å². The summed E-state index contributed by atoms with van der Waals surface area (Å²) in [6.07, 6.45) is 0.0848. The molecule has 2 aliphatic heterocycles. The average molecular weight is 491 g/mol. The number of carbonyl (C=O) groups is 3. The third kappa shape index (κ3) is 4.62. The van der Waals surface area contributed by atoms with Crippen molar-refractivity contribution in [1.82, 2.24) is 4.90 Å². The number of amides is 2. The largest absolute Gasteiger partial charge is 0.452 e. The van der Waals surface area contributed by atoms with Crippen LogP contribution in [0.4, 0.5) is 5.00 Å². The number of sulfonamides is 1. The molecular weight excluding hydrogens is 468 g/mol. The summed E-state index contributed by atoms with van der Waals surface area (Å²) in [5.41, 5.74) is 5.98. The molecule has 2 aromatic rings. The summed E-state index contributed by atoms with van der Waals surface area (Å²) in [5, 5.41) is 4.47. The molecule has 0 aliphatic carbocycles. The average Bonchev–Trinajstić information content (AvgIpc) is 3.36. The van der Waals surface area contributed by atoms with E-state index in [1.807, 2.05) is 0 Å². The number of thiophene rings is 1. The van der Waals surface area contributed by atoms with E-state index in [1.165, 1.54) is 19.1 Å². The first-order valence-electron chi connectivity index (χ1n) is 10.3. The summed E-state index contributed by atoms with van der Waals surface area (Å²) in [6, 6.07) is 8.08. The number of nitrogens with zero attached hydrogens (tertiary/aromatic N) is 2. The van der Waals surface area contributed by atoms with Gasteiger partial charge in [0, 0.05) is 18.7 Å². The Morgan fingerprint density at radius 1 is 1.27 bits per heavy atom. The second-order valence-electron chi connectivity index (χ2n) is 7.77. The van der Waals surface area contributed by atoms with E-state index in [2.05, 4.69) is 9.71 Å². The van der Waals surface area contributed by atoms with Gasteiger partial charge >= 0.3 is 5.97 Å². The van der Waals surface area contributed by atoms with Crippen molar-refractivity contribution in [3.8, 4) is 0 Å². The molecule has 1 aromatic heterocycles. The van der Waals surface area contributed by atoms with Crippen LogP contribution < -0.4 is 11.1 Å². The number of esters is 1. The molecule has 0 radical (unpaired) electrons. The molecule has 1 fully saturated rings. The molecular formula is C21H22N4O6S2. The fraction of sp³-hybridized carbons (Fsp3) is 0.333. The maximum Gasteiger partial charge on any atom is 0.311 e. The van der Waals surface area contributed by atoms with Crippen LogP contribution in [-0.2, 0) is 24.3 Å². The van der Waals surface area contributed by atoms with Gasteiger partial charge in [0.1, 0.15) is 9.90 Å². The predicted octanol–water partition coefficient (Wildman–Crippen LogP) is 1.58. The third-order valence-corrected chi connectivity index (χ3v) is 7.65. The van der Waals surface area contributed by atoms with Gasteiger partial charge in [0.2, 0.25) is 0 Å². The summed E-state index contributed by atoms with van der Waals surface area (Å²) in [5.74, 6) is -2.03. The minimum Gasteiger partial charge on any atom is -0.452 e. The number of hydrogen-bond acceptors (Lipinski definition) is 8. The van der Waals surface area contributed by atoms with Crippen molar-refractivity contribution in [2.45, 2.75) is 30.8 Å². The lowest BCUT2D eigenvalue weighted by Gasteiger charge is -2.33. The highest BCUT2D eigenvalue weighted by Crippen LogP contribution is 2.30. The van der Waals surface area contributed by atoms with Crippen LogP contribution in [0.2, 0.25) is 0 Å². The molecule has 0 bridgehead atoms. The number of rotatable bonds is 5. The number of amidine groups is 1. The van der Waals surface area contributed by atoms with Gasteiger partial charge in [-0.1, -0.05) is 12.1 Å². The van der Waals surface area contributed by atoms with Gasteiger partial charge in [0.15, 0.2) is 11.9 Å². The van der Waals surface area contributed by atoms with Gasteiger partial charge < -0.3 is 20.7 Å². The van der Waals surface area contributed by atoms with Crippen molar-refractivity contribution in [3.05, 3.63) is 46.8 Å². The number of fused-ring (bicyclic) bond motifs is 1. The van der Waals surface area contributed by atoms with Gasteiger partial charge in [0.05, 0.1) is 11.5 Å². The van der Waals surface area contributed by atoms with Crippen molar-refractivity contribution in [1.29, 1.82) is 0 Å². The predicted molar refractivity (Wildman–Crippen MR) is 121 cm³/mol. The van der Waals surface area contributed by atoms with E-state index < -0.39 is 39.8 Å². The number of nitrogens with two attached hydrogens (primary N) is 1. The van der Waals surface area contributed by atoms with Crippen LogP contribution in [0.15, 0.2) is 45.0 Å². The molecule has 33 heavy (non-hydrogen) atoms. The summed E-state index contributed by atoms with van der Waals surface area (Å²) < 4.78 is 34.0. The van der Waals surface area contributed by atoms with Crippen LogP contribution >= 0.6 is 11.3 Å². The van der Waals surface area contributed by atoms with E-state index in [9.17, 15) is 22.8 Å². The standard InChI is InChI=1S/C21H22N4O6S2/c1-12(19(27)23-20-15(17(22)26)8-10-32-20)31-21(28)13-5-4-9-25(11-13)18-14-6-2-3-7-16(14)33(29,30)24-18/h2-3,6-8,10,12-13H,4-5,9,11H2,1H3,(H2,22,26)(H,23,27)/t12-,13-/m1/s1. The fourth-order valence-corrected chi connectivity index (χ4v) is 5.84. The van der Waals surface area contributed by atoms with Crippen molar-refractivity contribution in [3.63, 3.8) is 0 Å². The SMILES string of the molecule is C[C@@H](OC(=O)[C@@H]1CCCN(C2=NS(=O)(=O)c3ccccc32)C1)C(=O)Nc1sccc1C(N)=O. The Labute approximate surface area is 194 Å². The zero-order chi connectivity index (χ0) is 23.8. The Morgan fingerprint density at radius 2 is 2.03 bits per heavy atom. The van der Waals surface area contributed by atoms with E-state index in [4.69, 9.17) is 10.5 Å². The molecule has 2 atom stereocenters. The Bertz CT molecular complexity index is 1250. The third-order valence-electron chi connectivity index (χ3n) is 5.50. The zero-order valence-electron chi connectivity index (χ0n) is 17.7. The molecule has 1 saturated heterocycles. The van der Waals surface area contributed by atoms with E-state index in [0.717, 1.165) is 11.3 Å². The Balaban J connectivity index is 1.41. The van der Waals surface area contributed by atoms with Gasteiger partial charge in [-0.15, -0.1) is 15.7 Å². The van der Waals surface area contributed by atoms with Crippen molar-refractivity contribution < 1.29 is 27.5 Å². The number of ether oxygens (including phenoxy) is 1. The Morgan fingerprint density at radius 3 is 2.79 bits per heavy atom. The number of benzene rings is 1. The molecule has 0 saturated carbocycles. The molecule has 4 rings (SSSR count).